The minimum atomic E-state index is -0.263. The van der Waals surface area contributed by atoms with Gasteiger partial charge < -0.3 is 10.1 Å². The molecule has 1 aliphatic rings. The number of fused-ring (bicyclic) bond motifs is 2. The van der Waals surface area contributed by atoms with Crippen LogP contribution in [0.15, 0.2) is 72.8 Å². The van der Waals surface area contributed by atoms with Crippen molar-refractivity contribution in [2.24, 2.45) is 0 Å². The number of nitrogens with one attached hydrogen (secondary N) is 1. The van der Waals surface area contributed by atoms with E-state index in [4.69, 9.17) is 4.74 Å². The standard InChI is InChI=1S/C28H29NO3/c1-2-32-26(30)16-15-20-11-13-21(14-12-20)17-18-29-28(31)27-24-9-5-3-7-22(24)19-23-8-4-6-10-25(23)27/h3-14,27H,2,15-19H2,1H3,(H,29,31). The molecule has 0 radical (unpaired) electrons. The summed E-state index contributed by atoms with van der Waals surface area (Å²) in [4.78, 5) is 24.7. The van der Waals surface area contributed by atoms with Gasteiger partial charge in [0.1, 0.15) is 0 Å². The molecule has 164 valence electrons. The maximum atomic E-state index is 13.2. The summed E-state index contributed by atoms with van der Waals surface area (Å²) in [6.07, 6.45) is 2.71. The molecule has 0 saturated heterocycles. The Morgan fingerprint density at radius 1 is 0.844 bits per heavy atom. The average Bonchev–Trinajstić information content (AvgIpc) is 2.82. The first-order valence-corrected chi connectivity index (χ1v) is 11.3. The topological polar surface area (TPSA) is 55.4 Å². The summed E-state index contributed by atoms with van der Waals surface area (Å²) >= 11 is 0. The molecule has 0 heterocycles. The smallest absolute Gasteiger partial charge is 0.306 e. The summed E-state index contributed by atoms with van der Waals surface area (Å²) < 4.78 is 4.98. The third kappa shape index (κ3) is 5.08. The first-order valence-electron chi connectivity index (χ1n) is 11.3. The molecule has 1 N–H and O–H groups in total. The fraction of sp³-hybridized carbons (Fsp3) is 0.286. The zero-order valence-electron chi connectivity index (χ0n) is 18.5. The Balaban J connectivity index is 1.35. The molecule has 0 spiro atoms. The third-order valence-corrected chi connectivity index (χ3v) is 6.03. The lowest BCUT2D eigenvalue weighted by atomic mass is 9.77. The summed E-state index contributed by atoms with van der Waals surface area (Å²) in [5, 5.41) is 3.15. The van der Waals surface area contributed by atoms with E-state index < -0.39 is 0 Å². The molecule has 4 rings (SSSR count). The van der Waals surface area contributed by atoms with E-state index in [1.165, 1.54) is 11.1 Å². The van der Waals surface area contributed by atoms with Crippen molar-refractivity contribution in [2.75, 3.05) is 13.2 Å². The number of benzene rings is 3. The molecule has 0 aliphatic heterocycles. The van der Waals surface area contributed by atoms with Crippen molar-refractivity contribution in [3.8, 4) is 0 Å². The van der Waals surface area contributed by atoms with Gasteiger partial charge in [-0.25, -0.2) is 0 Å². The Morgan fingerprint density at radius 3 is 2.00 bits per heavy atom. The monoisotopic (exact) mass is 427 g/mol. The molecule has 0 saturated carbocycles. The zero-order valence-corrected chi connectivity index (χ0v) is 18.5. The van der Waals surface area contributed by atoms with E-state index in [1.54, 1.807) is 0 Å². The molecule has 3 aromatic carbocycles. The predicted octanol–water partition coefficient (Wildman–Crippen LogP) is 4.58. The summed E-state index contributed by atoms with van der Waals surface area (Å²) in [6, 6.07) is 24.7. The van der Waals surface area contributed by atoms with Crippen LogP contribution in [0.25, 0.3) is 0 Å². The maximum absolute atomic E-state index is 13.2. The molecular weight excluding hydrogens is 398 g/mol. The lowest BCUT2D eigenvalue weighted by Crippen LogP contribution is -2.33. The molecule has 3 aromatic rings. The van der Waals surface area contributed by atoms with E-state index >= 15 is 0 Å². The lowest BCUT2D eigenvalue weighted by molar-refractivity contribution is -0.143. The predicted molar refractivity (Wildman–Crippen MR) is 126 cm³/mol. The van der Waals surface area contributed by atoms with Crippen LogP contribution in [-0.4, -0.2) is 25.0 Å². The largest absolute Gasteiger partial charge is 0.466 e. The Hall–Kier alpha value is -3.40. The Labute approximate surface area is 189 Å². The van der Waals surface area contributed by atoms with E-state index in [0.717, 1.165) is 35.1 Å². The summed E-state index contributed by atoms with van der Waals surface area (Å²) in [7, 11) is 0. The van der Waals surface area contributed by atoms with Crippen molar-refractivity contribution in [2.45, 2.75) is 38.5 Å². The van der Waals surface area contributed by atoms with Crippen molar-refractivity contribution in [1.82, 2.24) is 5.32 Å². The highest BCUT2D eigenvalue weighted by Gasteiger charge is 2.30. The Kier molecular flexibility index (Phi) is 7.00. The van der Waals surface area contributed by atoms with E-state index in [-0.39, 0.29) is 17.8 Å². The fourth-order valence-electron chi connectivity index (χ4n) is 4.39. The second kappa shape index (κ2) is 10.3. The van der Waals surface area contributed by atoms with Gasteiger partial charge in [0.15, 0.2) is 0 Å². The van der Waals surface area contributed by atoms with E-state index in [9.17, 15) is 9.59 Å². The molecular formula is C28H29NO3. The van der Waals surface area contributed by atoms with Crippen LogP contribution in [-0.2, 0) is 33.6 Å². The highest BCUT2D eigenvalue weighted by atomic mass is 16.5. The number of rotatable bonds is 8. The number of carbonyl (C=O) groups is 2. The fourth-order valence-corrected chi connectivity index (χ4v) is 4.39. The molecule has 4 heteroatoms. The second-order valence-corrected chi connectivity index (χ2v) is 8.17. The SMILES string of the molecule is CCOC(=O)CCc1ccc(CCNC(=O)C2c3ccccc3Cc3ccccc32)cc1. The second-order valence-electron chi connectivity index (χ2n) is 8.17. The van der Waals surface area contributed by atoms with E-state index in [2.05, 4.69) is 41.7 Å². The van der Waals surface area contributed by atoms with E-state index in [0.29, 0.717) is 26.0 Å². The van der Waals surface area contributed by atoms with Crippen LogP contribution in [0, 0.1) is 0 Å². The van der Waals surface area contributed by atoms with Gasteiger partial charge in [-0.1, -0.05) is 72.8 Å². The molecule has 0 bridgehead atoms. The van der Waals surface area contributed by atoms with Crippen LogP contribution >= 0.6 is 0 Å². The van der Waals surface area contributed by atoms with E-state index in [1.807, 2.05) is 43.3 Å². The van der Waals surface area contributed by atoms with Gasteiger partial charge in [-0.15, -0.1) is 0 Å². The molecule has 0 atom stereocenters. The van der Waals surface area contributed by atoms with Crippen LogP contribution in [0.3, 0.4) is 0 Å². The average molecular weight is 428 g/mol. The highest BCUT2D eigenvalue weighted by Crippen LogP contribution is 2.36. The van der Waals surface area contributed by atoms with Crippen molar-refractivity contribution in [3.63, 3.8) is 0 Å². The molecule has 1 amide bonds. The van der Waals surface area contributed by atoms with Gasteiger partial charge >= 0.3 is 5.97 Å². The van der Waals surface area contributed by atoms with Crippen LogP contribution in [0.1, 0.15) is 52.6 Å². The van der Waals surface area contributed by atoms with Gasteiger partial charge in [-0.05, 0) is 59.6 Å². The highest BCUT2D eigenvalue weighted by molar-refractivity contribution is 5.88. The third-order valence-electron chi connectivity index (χ3n) is 6.03. The van der Waals surface area contributed by atoms with Crippen LogP contribution in [0.4, 0.5) is 0 Å². The number of ether oxygens (including phenoxy) is 1. The zero-order chi connectivity index (χ0) is 22.3. The van der Waals surface area contributed by atoms with Gasteiger partial charge in [-0.2, -0.15) is 0 Å². The van der Waals surface area contributed by atoms with Gasteiger partial charge in [0.2, 0.25) is 5.91 Å². The quantitative estimate of drug-likeness (QED) is 0.536. The number of carbonyl (C=O) groups excluding carboxylic acids is 2. The molecule has 0 aromatic heterocycles. The number of hydrogen-bond donors (Lipinski definition) is 1. The molecule has 0 unspecified atom stereocenters. The number of aryl methyl sites for hydroxylation is 1. The molecule has 32 heavy (non-hydrogen) atoms. The number of esters is 1. The van der Waals surface area contributed by atoms with Gasteiger partial charge in [-0.3, -0.25) is 9.59 Å². The van der Waals surface area contributed by atoms with Crippen LogP contribution in [0.2, 0.25) is 0 Å². The Morgan fingerprint density at radius 2 is 1.41 bits per heavy atom. The van der Waals surface area contributed by atoms with Crippen molar-refractivity contribution in [1.29, 1.82) is 0 Å². The minimum absolute atomic E-state index is 0.0515. The number of hydrogen-bond acceptors (Lipinski definition) is 3. The first kappa shape index (κ1) is 21.8. The maximum Gasteiger partial charge on any atom is 0.306 e. The Bertz CT molecular complexity index is 1040. The summed E-state index contributed by atoms with van der Waals surface area (Å²) in [5.41, 5.74) is 6.94. The minimum Gasteiger partial charge on any atom is -0.466 e. The lowest BCUT2D eigenvalue weighted by Gasteiger charge is -2.27. The van der Waals surface area contributed by atoms with Gasteiger partial charge in [0.05, 0.1) is 12.5 Å². The summed E-state index contributed by atoms with van der Waals surface area (Å²) in [6.45, 7) is 2.82. The number of amides is 1. The normalized spacial score (nSPS) is 12.5. The molecule has 1 aliphatic carbocycles. The molecule has 0 fully saturated rings. The van der Waals surface area contributed by atoms with Crippen molar-refractivity contribution >= 4 is 11.9 Å². The summed E-state index contributed by atoms with van der Waals surface area (Å²) in [5.74, 6) is -0.373. The first-order chi connectivity index (χ1) is 15.7. The molecule has 4 nitrogen and oxygen atoms in total. The van der Waals surface area contributed by atoms with Gasteiger partial charge in [0.25, 0.3) is 0 Å². The van der Waals surface area contributed by atoms with Crippen molar-refractivity contribution in [3.05, 3.63) is 106 Å². The van der Waals surface area contributed by atoms with Crippen molar-refractivity contribution < 1.29 is 14.3 Å². The van der Waals surface area contributed by atoms with Crippen LogP contribution < -0.4 is 5.32 Å². The van der Waals surface area contributed by atoms with Crippen LogP contribution in [0.5, 0.6) is 0 Å². The van der Waals surface area contributed by atoms with Gasteiger partial charge in [0, 0.05) is 13.0 Å².